The molecule has 0 aliphatic carbocycles. The maximum absolute atomic E-state index is 13.6. The zero-order valence-electron chi connectivity index (χ0n) is 25.6. The fraction of sp³-hybridized carbons (Fsp3) is 0.263. The van der Waals surface area contributed by atoms with E-state index < -0.39 is 12.2 Å². The Morgan fingerprint density at radius 3 is 2.46 bits per heavy atom. The first-order valence-electron chi connectivity index (χ1n) is 15.5. The average Bonchev–Trinajstić information content (AvgIpc) is 3.43. The molecular weight excluding hydrogens is 585 g/mol. The van der Waals surface area contributed by atoms with Crippen LogP contribution in [0.25, 0.3) is 6.08 Å². The molecule has 0 saturated carbocycles. The minimum Gasteiger partial charge on any atom is -0.489 e. The van der Waals surface area contributed by atoms with Gasteiger partial charge in [-0.1, -0.05) is 66.7 Å². The van der Waals surface area contributed by atoms with Crippen molar-refractivity contribution in [1.29, 1.82) is 0 Å². The number of imide groups is 1. The lowest BCUT2D eigenvalue weighted by Crippen LogP contribution is -2.47. The summed E-state index contributed by atoms with van der Waals surface area (Å²) < 4.78 is 36.7. The molecule has 4 aromatic rings. The summed E-state index contributed by atoms with van der Waals surface area (Å²) in [7, 11) is 0. The van der Waals surface area contributed by atoms with E-state index in [2.05, 4.69) is 0 Å². The number of carbonyl (C=O) groups excluding carboxylic acids is 2. The van der Waals surface area contributed by atoms with Crippen molar-refractivity contribution in [2.45, 2.75) is 51.0 Å². The second-order valence-electron chi connectivity index (χ2n) is 11.4. The predicted octanol–water partition coefficient (Wildman–Crippen LogP) is 6.96. The lowest BCUT2D eigenvalue weighted by atomic mass is 9.99. The van der Waals surface area contributed by atoms with Crippen molar-refractivity contribution in [3.63, 3.8) is 0 Å². The number of nitrogens with zero attached hydrogens (tertiary/aromatic N) is 1. The molecule has 2 aliphatic rings. The summed E-state index contributed by atoms with van der Waals surface area (Å²) >= 11 is 0. The van der Waals surface area contributed by atoms with Gasteiger partial charge in [0.15, 0.2) is 0 Å². The number of fused-ring (bicyclic) bond motifs is 1. The Morgan fingerprint density at radius 2 is 1.67 bits per heavy atom. The highest BCUT2D eigenvalue weighted by Crippen LogP contribution is 2.30. The Labute approximate surface area is 268 Å². The molecule has 1 saturated heterocycles. The Hall–Kier alpha value is -4.95. The SMILES string of the molecule is CCO[C@@H](Cc1ccc2c(c1)C=C[C@@H](Cc1ccc(OCc3cccc(F)c3)cc1)O2)C(=O)N1C(=O)OC[C@@H]1Cc1ccccc1. The molecule has 8 heteroatoms. The van der Waals surface area contributed by atoms with Crippen LogP contribution in [-0.2, 0) is 40.1 Å². The normalized spacial score (nSPS) is 17.6. The molecule has 6 rings (SSSR count). The maximum Gasteiger partial charge on any atom is 0.417 e. The summed E-state index contributed by atoms with van der Waals surface area (Å²) in [6.07, 6.45) is 3.98. The monoisotopic (exact) mass is 621 g/mol. The molecule has 0 bridgehead atoms. The van der Waals surface area contributed by atoms with E-state index in [1.54, 1.807) is 6.07 Å². The third-order valence-electron chi connectivity index (χ3n) is 8.07. The number of amides is 2. The molecule has 236 valence electrons. The molecule has 2 heterocycles. The molecule has 0 spiro atoms. The Balaban J connectivity index is 1.06. The molecular formula is C38H36FNO6. The Morgan fingerprint density at radius 1 is 0.913 bits per heavy atom. The van der Waals surface area contributed by atoms with E-state index in [9.17, 15) is 14.0 Å². The molecule has 2 aliphatic heterocycles. The summed E-state index contributed by atoms with van der Waals surface area (Å²) in [5.41, 5.74) is 4.71. The number of rotatable bonds is 12. The zero-order chi connectivity index (χ0) is 31.9. The van der Waals surface area contributed by atoms with Crippen LogP contribution in [0, 0.1) is 5.82 Å². The van der Waals surface area contributed by atoms with Crippen molar-refractivity contribution >= 4 is 18.1 Å². The van der Waals surface area contributed by atoms with Crippen molar-refractivity contribution in [2.24, 2.45) is 0 Å². The van der Waals surface area contributed by atoms with Gasteiger partial charge in [-0.3, -0.25) is 4.79 Å². The Kier molecular flexibility index (Phi) is 9.74. The van der Waals surface area contributed by atoms with Gasteiger partial charge >= 0.3 is 6.09 Å². The van der Waals surface area contributed by atoms with Crippen molar-refractivity contribution in [3.05, 3.63) is 137 Å². The standard InChI is InChI=1S/C38H36FNO6/c1-2-43-36(37(41)40-32(25-45-38(40)42)21-26-7-4-3-5-8-26)23-28-13-18-35-30(19-28)14-17-34(46-35)22-27-11-15-33(16-12-27)44-24-29-9-6-10-31(39)20-29/h3-20,32,34,36H,2,21-25H2,1H3/t32-,34-,36-/m0/s1. The maximum atomic E-state index is 13.6. The van der Waals surface area contributed by atoms with E-state index in [0.717, 1.165) is 33.6 Å². The first-order chi connectivity index (χ1) is 22.4. The van der Waals surface area contributed by atoms with Crippen LogP contribution in [0.2, 0.25) is 0 Å². The van der Waals surface area contributed by atoms with Gasteiger partial charge in [0.1, 0.15) is 42.7 Å². The van der Waals surface area contributed by atoms with Crippen LogP contribution < -0.4 is 9.47 Å². The largest absolute Gasteiger partial charge is 0.489 e. The van der Waals surface area contributed by atoms with E-state index in [0.29, 0.717) is 38.2 Å². The molecule has 0 unspecified atom stereocenters. The van der Waals surface area contributed by atoms with Gasteiger partial charge < -0.3 is 18.9 Å². The highest BCUT2D eigenvalue weighted by atomic mass is 19.1. The lowest BCUT2D eigenvalue weighted by molar-refractivity contribution is -0.141. The average molecular weight is 622 g/mol. The summed E-state index contributed by atoms with van der Waals surface area (Å²) in [5, 5.41) is 0. The van der Waals surface area contributed by atoms with Gasteiger partial charge in [0.2, 0.25) is 0 Å². The van der Waals surface area contributed by atoms with Gasteiger partial charge in [-0.15, -0.1) is 0 Å². The van der Waals surface area contributed by atoms with Crippen molar-refractivity contribution in [1.82, 2.24) is 4.90 Å². The van der Waals surface area contributed by atoms with Crippen LogP contribution in [0.3, 0.4) is 0 Å². The van der Waals surface area contributed by atoms with Crippen LogP contribution in [0.1, 0.15) is 34.7 Å². The van der Waals surface area contributed by atoms with E-state index in [4.69, 9.17) is 18.9 Å². The number of carbonyl (C=O) groups is 2. The fourth-order valence-electron chi connectivity index (χ4n) is 5.79. The molecule has 0 radical (unpaired) electrons. The number of cyclic esters (lactones) is 1. The van der Waals surface area contributed by atoms with E-state index in [-0.39, 0.29) is 30.5 Å². The summed E-state index contributed by atoms with van der Waals surface area (Å²) in [5.74, 6) is 0.804. The fourth-order valence-corrected chi connectivity index (χ4v) is 5.79. The minimum atomic E-state index is -0.825. The van der Waals surface area contributed by atoms with Crippen molar-refractivity contribution in [3.8, 4) is 11.5 Å². The van der Waals surface area contributed by atoms with E-state index in [1.807, 2.05) is 97.9 Å². The number of benzene rings is 4. The molecule has 46 heavy (non-hydrogen) atoms. The lowest BCUT2D eigenvalue weighted by Gasteiger charge is -2.26. The first kappa shape index (κ1) is 31.0. The third kappa shape index (κ3) is 7.64. The van der Waals surface area contributed by atoms with Gasteiger partial charge in [-0.05, 0) is 78.1 Å². The van der Waals surface area contributed by atoms with Crippen LogP contribution in [0.15, 0.2) is 103 Å². The van der Waals surface area contributed by atoms with Crippen LogP contribution in [0.5, 0.6) is 11.5 Å². The zero-order valence-corrected chi connectivity index (χ0v) is 25.6. The second-order valence-corrected chi connectivity index (χ2v) is 11.4. The van der Waals surface area contributed by atoms with Gasteiger partial charge in [0, 0.05) is 25.0 Å². The predicted molar refractivity (Wildman–Crippen MR) is 172 cm³/mol. The molecule has 4 aromatic carbocycles. The smallest absolute Gasteiger partial charge is 0.417 e. The minimum absolute atomic E-state index is 0.141. The van der Waals surface area contributed by atoms with Gasteiger partial charge in [-0.2, -0.15) is 0 Å². The van der Waals surface area contributed by atoms with Crippen molar-refractivity contribution in [2.75, 3.05) is 13.2 Å². The summed E-state index contributed by atoms with van der Waals surface area (Å²) in [4.78, 5) is 27.5. The summed E-state index contributed by atoms with van der Waals surface area (Å²) in [6.45, 7) is 2.62. The second kappa shape index (κ2) is 14.4. The van der Waals surface area contributed by atoms with E-state index >= 15 is 0 Å². The quantitative estimate of drug-likeness (QED) is 0.170. The Bertz CT molecular complexity index is 1690. The summed E-state index contributed by atoms with van der Waals surface area (Å²) in [6, 6.07) is 29.4. The van der Waals surface area contributed by atoms with Crippen molar-refractivity contribution < 1.29 is 32.9 Å². The first-order valence-corrected chi connectivity index (χ1v) is 15.5. The molecule has 3 atom stereocenters. The number of halogens is 1. The van der Waals surface area contributed by atoms with Gasteiger partial charge in [0.05, 0.1) is 6.04 Å². The molecule has 0 N–H and O–H groups in total. The van der Waals surface area contributed by atoms with Gasteiger partial charge in [0.25, 0.3) is 5.91 Å². The third-order valence-corrected chi connectivity index (χ3v) is 8.07. The molecule has 2 amide bonds. The van der Waals surface area contributed by atoms with E-state index in [1.165, 1.54) is 17.0 Å². The van der Waals surface area contributed by atoms with Crippen LogP contribution in [-0.4, -0.2) is 48.4 Å². The molecule has 1 fully saturated rings. The van der Waals surface area contributed by atoms with Gasteiger partial charge in [-0.25, -0.2) is 14.1 Å². The van der Waals surface area contributed by atoms with Crippen LogP contribution >= 0.6 is 0 Å². The number of ether oxygens (including phenoxy) is 4. The highest BCUT2D eigenvalue weighted by Gasteiger charge is 2.41. The number of hydrogen-bond donors (Lipinski definition) is 0. The highest BCUT2D eigenvalue weighted by molar-refractivity contribution is 5.96. The molecule has 0 aromatic heterocycles. The molecule has 7 nitrogen and oxygen atoms in total. The number of hydrogen-bond acceptors (Lipinski definition) is 6. The topological polar surface area (TPSA) is 74.3 Å². The van der Waals surface area contributed by atoms with Crippen LogP contribution in [0.4, 0.5) is 9.18 Å².